The summed E-state index contributed by atoms with van der Waals surface area (Å²) in [6.07, 6.45) is 0. The first-order valence-electron chi connectivity index (χ1n) is 2.86. The second-order valence-electron chi connectivity index (χ2n) is 2.07. The highest BCUT2D eigenvalue weighted by Gasteiger charge is 2.29. The van der Waals surface area contributed by atoms with Crippen molar-refractivity contribution in [3.05, 3.63) is 0 Å². The molecule has 0 aliphatic rings. The van der Waals surface area contributed by atoms with Gasteiger partial charge in [0, 0.05) is 0 Å². The molecular formula is C6H7NO4. The highest BCUT2D eigenvalue weighted by Crippen LogP contribution is 2.10. The van der Waals surface area contributed by atoms with E-state index in [4.69, 9.17) is 15.5 Å². The zero-order chi connectivity index (χ0) is 9.02. The Balaban J connectivity index is 4.42. The third kappa shape index (κ3) is 2.26. The second kappa shape index (κ2) is 3.56. The Kier molecular flexibility index (Phi) is 3.05. The van der Waals surface area contributed by atoms with Crippen LogP contribution in [0.2, 0.25) is 0 Å². The Morgan fingerprint density at radius 1 is 1.36 bits per heavy atom. The normalized spacial score (nSPS) is 14.5. The van der Waals surface area contributed by atoms with Crippen molar-refractivity contribution in [1.82, 2.24) is 0 Å². The van der Waals surface area contributed by atoms with Crippen LogP contribution in [0.25, 0.3) is 0 Å². The smallest absolute Gasteiger partial charge is 0.321 e. The maximum absolute atomic E-state index is 10.2. The van der Waals surface area contributed by atoms with Crippen molar-refractivity contribution in [2.24, 2.45) is 11.8 Å². The molecule has 0 aliphatic carbocycles. The minimum Gasteiger partial charge on any atom is -0.481 e. The van der Waals surface area contributed by atoms with Gasteiger partial charge in [-0.3, -0.25) is 9.59 Å². The highest BCUT2D eigenvalue weighted by molar-refractivity contribution is 5.81. The summed E-state index contributed by atoms with van der Waals surface area (Å²) in [6, 6.07) is 1.40. The molecule has 2 atom stereocenters. The number of nitriles is 1. The molecule has 60 valence electrons. The summed E-state index contributed by atoms with van der Waals surface area (Å²) in [4.78, 5) is 20.4. The number of aliphatic carboxylic acids is 2. The van der Waals surface area contributed by atoms with Crippen molar-refractivity contribution in [2.45, 2.75) is 6.92 Å². The van der Waals surface area contributed by atoms with Gasteiger partial charge in [-0.1, -0.05) is 6.92 Å². The number of carboxylic acids is 2. The maximum Gasteiger partial charge on any atom is 0.321 e. The quantitative estimate of drug-likeness (QED) is 0.597. The molecule has 0 aromatic rings. The number of hydrogen-bond acceptors (Lipinski definition) is 3. The third-order valence-electron chi connectivity index (χ3n) is 1.29. The number of rotatable bonds is 3. The minimum absolute atomic E-state index is 1.17. The first kappa shape index (κ1) is 9.43. The fourth-order valence-electron chi connectivity index (χ4n) is 0.523. The molecule has 5 heteroatoms. The van der Waals surface area contributed by atoms with E-state index >= 15 is 0 Å². The van der Waals surface area contributed by atoms with Gasteiger partial charge in [0.15, 0.2) is 5.92 Å². The monoisotopic (exact) mass is 157 g/mol. The Labute approximate surface area is 62.9 Å². The lowest BCUT2D eigenvalue weighted by Gasteiger charge is -2.06. The Hall–Kier alpha value is -1.57. The van der Waals surface area contributed by atoms with Crippen LogP contribution in [-0.4, -0.2) is 22.2 Å². The van der Waals surface area contributed by atoms with Gasteiger partial charge in [-0.15, -0.1) is 0 Å². The van der Waals surface area contributed by atoms with Gasteiger partial charge < -0.3 is 10.2 Å². The van der Waals surface area contributed by atoms with Crippen molar-refractivity contribution in [3.8, 4) is 6.07 Å². The molecule has 5 nitrogen and oxygen atoms in total. The summed E-state index contributed by atoms with van der Waals surface area (Å²) in [5.41, 5.74) is 0. The third-order valence-corrected chi connectivity index (χ3v) is 1.29. The molecule has 0 radical (unpaired) electrons. The lowest BCUT2D eigenvalue weighted by molar-refractivity contribution is -0.150. The van der Waals surface area contributed by atoms with Crippen LogP contribution < -0.4 is 0 Å². The first-order valence-corrected chi connectivity index (χ1v) is 2.86. The summed E-state index contributed by atoms with van der Waals surface area (Å²) in [5, 5.41) is 24.8. The van der Waals surface area contributed by atoms with E-state index in [2.05, 4.69) is 0 Å². The van der Waals surface area contributed by atoms with Crippen molar-refractivity contribution < 1.29 is 19.8 Å². The van der Waals surface area contributed by atoms with Gasteiger partial charge in [0.1, 0.15) is 0 Å². The number of hydrogen-bond donors (Lipinski definition) is 2. The standard InChI is InChI=1S/C6H7NO4/c1-3(5(8)9)4(2-7)6(10)11/h3-4H,1H3,(H,8,9)(H,10,11). The Bertz CT molecular complexity index is 217. The van der Waals surface area contributed by atoms with E-state index in [1.165, 1.54) is 13.0 Å². The van der Waals surface area contributed by atoms with E-state index < -0.39 is 23.8 Å². The molecule has 2 N–H and O–H groups in total. The van der Waals surface area contributed by atoms with E-state index in [0.717, 1.165) is 0 Å². The average molecular weight is 157 g/mol. The van der Waals surface area contributed by atoms with Gasteiger partial charge in [0.2, 0.25) is 0 Å². The molecule has 0 rings (SSSR count). The van der Waals surface area contributed by atoms with Crippen molar-refractivity contribution in [1.29, 1.82) is 5.26 Å². The molecule has 0 aromatic heterocycles. The lowest BCUT2D eigenvalue weighted by atomic mass is 9.96. The minimum atomic E-state index is -1.47. The van der Waals surface area contributed by atoms with Crippen molar-refractivity contribution >= 4 is 11.9 Å². The number of carbonyl (C=O) groups is 2. The molecule has 0 aliphatic heterocycles. The first-order chi connectivity index (χ1) is 5.00. The molecule has 0 amide bonds. The summed E-state index contributed by atoms with van der Waals surface area (Å²) in [5.74, 6) is -5.31. The van der Waals surface area contributed by atoms with Crippen LogP contribution in [0.1, 0.15) is 6.92 Å². The summed E-state index contributed by atoms with van der Waals surface area (Å²) >= 11 is 0. The zero-order valence-corrected chi connectivity index (χ0v) is 5.81. The van der Waals surface area contributed by atoms with E-state index in [-0.39, 0.29) is 0 Å². The van der Waals surface area contributed by atoms with Crippen LogP contribution in [0.15, 0.2) is 0 Å². The van der Waals surface area contributed by atoms with E-state index in [1.54, 1.807) is 0 Å². The zero-order valence-electron chi connectivity index (χ0n) is 5.81. The second-order valence-corrected chi connectivity index (χ2v) is 2.07. The molecule has 0 aromatic carbocycles. The van der Waals surface area contributed by atoms with Gasteiger partial charge in [-0.05, 0) is 0 Å². The summed E-state index contributed by atoms with van der Waals surface area (Å²) in [7, 11) is 0. The topological polar surface area (TPSA) is 98.4 Å². The van der Waals surface area contributed by atoms with Crippen LogP contribution in [0.5, 0.6) is 0 Å². The molecular weight excluding hydrogens is 150 g/mol. The average Bonchev–Trinajstić information content (AvgIpc) is 1.88. The molecule has 0 fully saturated rings. The largest absolute Gasteiger partial charge is 0.481 e. The SMILES string of the molecule is CC(C(=O)O)C(C#N)C(=O)O. The lowest BCUT2D eigenvalue weighted by Crippen LogP contribution is -2.26. The van der Waals surface area contributed by atoms with Gasteiger partial charge >= 0.3 is 11.9 Å². The summed E-state index contributed by atoms with van der Waals surface area (Å²) in [6.45, 7) is 1.18. The fraction of sp³-hybridized carbons (Fsp3) is 0.500. The molecule has 0 saturated heterocycles. The Morgan fingerprint density at radius 3 is 1.91 bits per heavy atom. The van der Waals surface area contributed by atoms with Gasteiger partial charge in [-0.2, -0.15) is 5.26 Å². The van der Waals surface area contributed by atoms with Crippen LogP contribution in [0.3, 0.4) is 0 Å². The Morgan fingerprint density at radius 2 is 1.82 bits per heavy atom. The predicted octanol–water partition coefficient (Wildman–Crippen LogP) is -0.0685. The van der Waals surface area contributed by atoms with E-state index in [9.17, 15) is 9.59 Å². The molecule has 0 heterocycles. The van der Waals surface area contributed by atoms with Gasteiger partial charge in [-0.25, -0.2) is 0 Å². The van der Waals surface area contributed by atoms with Crippen molar-refractivity contribution in [3.63, 3.8) is 0 Å². The maximum atomic E-state index is 10.2. The van der Waals surface area contributed by atoms with Gasteiger partial charge in [0.25, 0.3) is 0 Å². The molecule has 0 spiro atoms. The summed E-state index contributed by atoms with van der Waals surface area (Å²) < 4.78 is 0. The van der Waals surface area contributed by atoms with Crippen LogP contribution in [-0.2, 0) is 9.59 Å². The molecule has 2 unspecified atom stereocenters. The van der Waals surface area contributed by atoms with E-state index in [1.807, 2.05) is 0 Å². The van der Waals surface area contributed by atoms with Crippen LogP contribution in [0.4, 0.5) is 0 Å². The van der Waals surface area contributed by atoms with Gasteiger partial charge in [0.05, 0.1) is 12.0 Å². The fourth-order valence-corrected chi connectivity index (χ4v) is 0.523. The molecule has 0 saturated carbocycles. The number of carboxylic acid groups (broad SMARTS) is 2. The van der Waals surface area contributed by atoms with Crippen LogP contribution in [0, 0.1) is 23.2 Å². The highest BCUT2D eigenvalue weighted by atomic mass is 16.4. The van der Waals surface area contributed by atoms with E-state index in [0.29, 0.717) is 0 Å². The molecule has 11 heavy (non-hydrogen) atoms. The van der Waals surface area contributed by atoms with Crippen molar-refractivity contribution in [2.75, 3.05) is 0 Å². The van der Waals surface area contributed by atoms with Crippen LogP contribution >= 0.6 is 0 Å². The number of nitrogens with zero attached hydrogens (tertiary/aromatic N) is 1. The predicted molar refractivity (Wildman–Crippen MR) is 33.5 cm³/mol. The molecule has 0 bridgehead atoms.